The molecule has 0 amide bonds. The highest BCUT2D eigenvalue weighted by Gasteiger charge is 2.35. The second-order valence-corrected chi connectivity index (χ2v) is 5.55. The maximum absolute atomic E-state index is 10.5. The highest BCUT2D eigenvalue weighted by molar-refractivity contribution is 5.66. The fourth-order valence-electron chi connectivity index (χ4n) is 3.31. The molecule has 1 heterocycles. The predicted octanol–water partition coefficient (Wildman–Crippen LogP) is 2.51. The summed E-state index contributed by atoms with van der Waals surface area (Å²) in [7, 11) is 0. The molecule has 0 bridgehead atoms. The lowest BCUT2D eigenvalue weighted by Crippen LogP contribution is -2.41. The van der Waals surface area contributed by atoms with Crippen molar-refractivity contribution in [1.82, 2.24) is 4.90 Å². The monoisotopic (exact) mass is 225 g/mol. The summed E-state index contributed by atoms with van der Waals surface area (Å²) in [6.45, 7) is 2.98. The molecule has 2 rings (SSSR count). The maximum atomic E-state index is 10.5. The molecule has 0 unspecified atom stereocenters. The molecular formula is C13H23NO2. The summed E-state index contributed by atoms with van der Waals surface area (Å²) in [5.74, 6) is -0.669. The number of hydrogen-bond acceptors (Lipinski definition) is 2. The van der Waals surface area contributed by atoms with E-state index >= 15 is 0 Å². The lowest BCUT2D eigenvalue weighted by atomic mass is 9.68. The summed E-state index contributed by atoms with van der Waals surface area (Å²) in [5.41, 5.74) is 0.637. The highest BCUT2D eigenvalue weighted by Crippen LogP contribution is 2.44. The molecule has 92 valence electrons. The standard InChI is InChI=1S/C13H23NO2/c15-12(16)4-9-14-10-7-13(8-11-14)5-2-1-3-6-13/h1-11H2,(H,15,16). The molecule has 0 aromatic carbocycles. The molecule has 1 saturated carbocycles. The average molecular weight is 225 g/mol. The van der Waals surface area contributed by atoms with Crippen LogP contribution >= 0.6 is 0 Å². The zero-order valence-corrected chi connectivity index (χ0v) is 10.1. The van der Waals surface area contributed by atoms with Crippen molar-refractivity contribution in [2.45, 2.75) is 51.4 Å². The molecule has 1 aliphatic heterocycles. The van der Waals surface area contributed by atoms with E-state index in [1.165, 1.54) is 44.9 Å². The van der Waals surface area contributed by atoms with Crippen LogP contribution in [0.2, 0.25) is 0 Å². The molecule has 1 spiro atoms. The maximum Gasteiger partial charge on any atom is 0.304 e. The van der Waals surface area contributed by atoms with Gasteiger partial charge in [0.05, 0.1) is 6.42 Å². The molecule has 0 atom stereocenters. The lowest BCUT2D eigenvalue weighted by molar-refractivity contribution is -0.137. The number of rotatable bonds is 3. The minimum Gasteiger partial charge on any atom is -0.481 e. The number of carboxylic acids is 1. The summed E-state index contributed by atoms with van der Waals surface area (Å²) in [5, 5.41) is 8.66. The quantitative estimate of drug-likeness (QED) is 0.802. The van der Waals surface area contributed by atoms with E-state index in [1.807, 2.05) is 0 Å². The Bertz CT molecular complexity index is 236. The molecule has 3 heteroatoms. The van der Waals surface area contributed by atoms with E-state index in [4.69, 9.17) is 5.11 Å². The van der Waals surface area contributed by atoms with Gasteiger partial charge >= 0.3 is 5.97 Å². The summed E-state index contributed by atoms with van der Waals surface area (Å²) < 4.78 is 0. The molecule has 2 aliphatic rings. The Labute approximate surface area is 97.8 Å². The van der Waals surface area contributed by atoms with Gasteiger partial charge in [-0.1, -0.05) is 19.3 Å². The number of hydrogen-bond donors (Lipinski definition) is 1. The van der Waals surface area contributed by atoms with Crippen LogP contribution in [0.15, 0.2) is 0 Å². The summed E-state index contributed by atoms with van der Waals surface area (Å²) in [6, 6.07) is 0. The van der Waals surface area contributed by atoms with Gasteiger partial charge in [0.15, 0.2) is 0 Å². The van der Waals surface area contributed by atoms with Crippen LogP contribution in [0.3, 0.4) is 0 Å². The van der Waals surface area contributed by atoms with Crippen LogP contribution in [0.1, 0.15) is 51.4 Å². The molecule has 0 aromatic heterocycles. The lowest BCUT2D eigenvalue weighted by Gasteiger charge is -2.44. The van der Waals surface area contributed by atoms with Crippen LogP contribution in [-0.2, 0) is 4.79 Å². The van der Waals surface area contributed by atoms with E-state index in [1.54, 1.807) is 0 Å². The van der Waals surface area contributed by atoms with Gasteiger partial charge in [0.25, 0.3) is 0 Å². The van der Waals surface area contributed by atoms with Gasteiger partial charge in [0.1, 0.15) is 0 Å². The average Bonchev–Trinajstić information content (AvgIpc) is 2.29. The number of carboxylic acid groups (broad SMARTS) is 1. The van der Waals surface area contributed by atoms with Gasteiger partial charge in [0.2, 0.25) is 0 Å². The number of piperidine rings is 1. The third-order valence-electron chi connectivity index (χ3n) is 4.47. The zero-order chi connectivity index (χ0) is 11.4. The third-order valence-corrected chi connectivity index (χ3v) is 4.47. The Morgan fingerprint density at radius 3 is 2.25 bits per heavy atom. The van der Waals surface area contributed by atoms with Crippen molar-refractivity contribution < 1.29 is 9.90 Å². The fraction of sp³-hybridized carbons (Fsp3) is 0.923. The van der Waals surface area contributed by atoms with Crippen molar-refractivity contribution in [3.63, 3.8) is 0 Å². The normalized spacial score (nSPS) is 25.8. The van der Waals surface area contributed by atoms with E-state index < -0.39 is 5.97 Å². The van der Waals surface area contributed by atoms with E-state index in [0.29, 0.717) is 11.8 Å². The first kappa shape index (κ1) is 11.9. The predicted molar refractivity (Wildman–Crippen MR) is 63.4 cm³/mol. The molecule has 0 radical (unpaired) electrons. The van der Waals surface area contributed by atoms with Crippen molar-refractivity contribution in [2.75, 3.05) is 19.6 Å². The second-order valence-electron chi connectivity index (χ2n) is 5.55. The van der Waals surface area contributed by atoms with Gasteiger partial charge in [-0.3, -0.25) is 4.79 Å². The van der Waals surface area contributed by atoms with Gasteiger partial charge in [0, 0.05) is 6.54 Å². The Morgan fingerprint density at radius 1 is 1.06 bits per heavy atom. The zero-order valence-electron chi connectivity index (χ0n) is 10.1. The SMILES string of the molecule is O=C(O)CCN1CCC2(CCCCC2)CC1. The molecule has 3 nitrogen and oxygen atoms in total. The molecule has 2 fully saturated rings. The van der Waals surface area contributed by atoms with Gasteiger partial charge in [-0.25, -0.2) is 0 Å². The Balaban J connectivity index is 1.75. The van der Waals surface area contributed by atoms with E-state index in [-0.39, 0.29) is 0 Å². The van der Waals surface area contributed by atoms with Crippen molar-refractivity contribution in [3.05, 3.63) is 0 Å². The number of likely N-dealkylation sites (tertiary alicyclic amines) is 1. The number of nitrogens with zero attached hydrogens (tertiary/aromatic N) is 1. The molecule has 16 heavy (non-hydrogen) atoms. The smallest absolute Gasteiger partial charge is 0.304 e. The van der Waals surface area contributed by atoms with Gasteiger partial charge in [-0.15, -0.1) is 0 Å². The molecule has 1 N–H and O–H groups in total. The van der Waals surface area contributed by atoms with Crippen molar-refractivity contribution in [2.24, 2.45) is 5.41 Å². The Kier molecular flexibility index (Phi) is 3.85. The largest absolute Gasteiger partial charge is 0.481 e. The third kappa shape index (κ3) is 2.97. The van der Waals surface area contributed by atoms with Crippen LogP contribution in [0, 0.1) is 5.41 Å². The van der Waals surface area contributed by atoms with E-state index in [0.717, 1.165) is 19.6 Å². The minimum atomic E-state index is -0.669. The number of carbonyl (C=O) groups is 1. The van der Waals surface area contributed by atoms with Crippen LogP contribution in [0.25, 0.3) is 0 Å². The van der Waals surface area contributed by atoms with Crippen molar-refractivity contribution >= 4 is 5.97 Å². The highest BCUT2D eigenvalue weighted by atomic mass is 16.4. The summed E-state index contributed by atoms with van der Waals surface area (Å²) in [4.78, 5) is 12.8. The first-order valence-corrected chi connectivity index (χ1v) is 6.64. The van der Waals surface area contributed by atoms with E-state index in [9.17, 15) is 4.79 Å². The summed E-state index contributed by atoms with van der Waals surface area (Å²) >= 11 is 0. The van der Waals surface area contributed by atoms with Crippen LogP contribution < -0.4 is 0 Å². The van der Waals surface area contributed by atoms with Gasteiger partial charge in [-0.2, -0.15) is 0 Å². The first-order valence-electron chi connectivity index (χ1n) is 6.64. The Hall–Kier alpha value is -0.570. The first-order chi connectivity index (χ1) is 7.70. The summed E-state index contributed by atoms with van der Waals surface area (Å²) in [6.07, 6.45) is 9.97. The minimum absolute atomic E-state index is 0.299. The van der Waals surface area contributed by atoms with E-state index in [2.05, 4.69) is 4.90 Å². The van der Waals surface area contributed by atoms with Gasteiger partial charge in [-0.05, 0) is 44.2 Å². The Morgan fingerprint density at radius 2 is 1.69 bits per heavy atom. The fourth-order valence-corrected chi connectivity index (χ4v) is 3.31. The molecule has 1 saturated heterocycles. The van der Waals surface area contributed by atoms with Crippen LogP contribution in [-0.4, -0.2) is 35.6 Å². The van der Waals surface area contributed by atoms with Crippen molar-refractivity contribution in [1.29, 1.82) is 0 Å². The molecular weight excluding hydrogens is 202 g/mol. The second kappa shape index (κ2) is 5.17. The number of aliphatic carboxylic acids is 1. The molecule has 0 aromatic rings. The van der Waals surface area contributed by atoms with Crippen LogP contribution in [0.5, 0.6) is 0 Å². The van der Waals surface area contributed by atoms with Crippen LogP contribution in [0.4, 0.5) is 0 Å². The molecule has 1 aliphatic carbocycles. The van der Waals surface area contributed by atoms with Crippen molar-refractivity contribution in [3.8, 4) is 0 Å². The van der Waals surface area contributed by atoms with Gasteiger partial charge < -0.3 is 10.0 Å². The topological polar surface area (TPSA) is 40.5 Å².